The molecule has 4 nitrogen and oxygen atoms in total. The molecule has 2 fully saturated rings. The van der Waals surface area contributed by atoms with Crippen LogP contribution >= 0.6 is 0 Å². The molecule has 0 aliphatic heterocycles. The number of hydrazone groups is 1. The molecule has 2 aliphatic carbocycles. The van der Waals surface area contributed by atoms with Crippen molar-refractivity contribution >= 4 is 11.6 Å². The smallest absolute Gasteiger partial charge is 0.277 e. The fourth-order valence-electron chi connectivity index (χ4n) is 4.27. The third-order valence-corrected chi connectivity index (χ3v) is 6.53. The predicted octanol–water partition coefficient (Wildman–Crippen LogP) is 4.00. The second-order valence-electron chi connectivity index (χ2n) is 8.14. The summed E-state index contributed by atoms with van der Waals surface area (Å²) in [5.74, 6) is 1.24. The zero-order chi connectivity index (χ0) is 17.5. The van der Waals surface area contributed by atoms with Crippen molar-refractivity contribution < 1.29 is 9.53 Å². The van der Waals surface area contributed by atoms with Crippen molar-refractivity contribution in [1.82, 2.24) is 5.43 Å². The van der Waals surface area contributed by atoms with E-state index < -0.39 is 0 Å². The maximum atomic E-state index is 12.1. The van der Waals surface area contributed by atoms with Crippen molar-refractivity contribution in [1.29, 1.82) is 0 Å². The summed E-state index contributed by atoms with van der Waals surface area (Å²) in [7, 11) is 0. The molecule has 2 bridgehead atoms. The second-order valence-corrected chi connectivity index (χ2v) is 8.14. The average Bonchev–Trinajstić information content (AvgIpc) is 2.86. The van der Waals surface area contributed by atoms with E-state index in [0.29, 0.717) is 5.92 Å². The highest BCUT2D eigenvalue weighted by Gasteiger charge is 2.59. The van der Waals surface area contributed by atoms with E-state index in [2.05, 4.69) is 31.3 Å². The minimum absolute atomic E-state index is 0.00932. The lowest BCUT2D eigenvalue weighted by Gasteiger charge is -2.34. The Morgan fingerprint density at radius 1 is 1.33 bits per heavy atom. The number of rotatable bonds is 4. The predicted molar refractivity (Wildman–Crippen MR) is 96.2 cm³/mol. The first-order valence-corrected chi connectivity index (χ1v) is 8.80. The molecular formula is C20H28N2O2. The van der Waals surface area contributed by atoms with Crippen LogP contribution in [0.4, 0.5) is 0 Å². The number of aryl methyl sites for hydroxylation is 2. The van der Waals surface area contributed by atoms with E-state index in [1.807, 2.05) is 32.0 Å². The van der Waals surface area contributed by atoms with Gasteiger partial charge in [0.25, 0.3) is 5.91 Å². The zero-order valence-corrected chi connectivity index (χ0v) is 15.4. The summed E-state index contributed by atoms with van der Waals surface area (Å²) in [6.07, 6.45) is 3.44. The lowest BCUT2D eigenvalue weighted by molar-refractivity contribution is -0.123. The van der Waals surface area contributed by atoms with Gasteiger partial charge >= 0.3 is 0 Å². The van der Waals surface area contributed by atoms with Crippen LogP contribution in [0.25, 0.3) is 0 Å². The first-order valence-electron chi connectivity index (χ1n) is 8.80. The number of nitrogens with zero attached hydrogens (tertiary/aromatic N) is 1. The van der Waals surface area contributed by atoms with Gasteiger partial charge in [0.15, 0.2) is 6.61 Å². The largest absolute Gasteiger partial charge is 0.483 e. The SMILES string of the molecule is Cc1ccc(C)c(OCC(=O)N/N=C2\CC3CCC2(C)C3(C)C)c1. The maximum Gasteiger partial charge on any atom is 0.277 e. The Balaban J connectivity index is 1.60. The van der Waals surface area contributed by atoms with Crippen LogP contribution in [0.15, 0.2) is 23.3 Å². The molecular weight excluding hydrogens is 300 g/mol. The minimum Gasteiger partial charge on any atom is -0.483 e. The highest BCUT2D eigenvalue weighted by molar-refractivity contribution is 5.95. The number of fused-ring (bicyclic) bond motifs is 2. The Hall–Kier alpha value is -1.84. The molecule has 0 aromatic heterocycles. The molecule has 1 aromatic carbocycles. The van der Waals surface area contributed by atoms with Gasteiger partial charge in [0, 0.05) is 11.1 Å². The molecule has 2 atom stereocenters. The van der Waals surface area contributed by atoms with Crippen LogP contribution in [-0.2, 0) is 4.79 Å². The normalized spacial score (nSPS) is 29.0. The summed E-state index contributed by atoms with van der Waals surface area (Å²) in [5, 5.41) is 4.46. The fraction of sp³-hybridized carbons (Fsp3) is 0.600. The van der Waals surface area contributed by atoms with Crippen LogP contribution in [0.3, 0.4) is 0 Å². The van der Waals surface area contributed by atoms with Crippen LogP contribution in [-0.4, -0.2) is 18.2 Å². The highest BCUT2D eigenvalue weighted by Crippen LogP contribution is 2.63. The molecule has 130 valence electrons. The average molecular weight is 328 g/mol. The Morgan fingerprint density at radius 2 is 2.08 bits per heavy atom. The molecule has 2 unspecified atom stereocenters. The van der Waals surface area contributed by atoms with E-state index in [9.17, 15) is 4.79 Å². The zero-order valence-electron chi connectivity index (χ0n) is 15.4. The molecule has 4 heteroatoms. The van der Waals surface area contributed by atoms with Gasteiger partial charge in [-0.1, -0.05) is 32.9 Å². The molecule has 24 heavy (non-hydrogen) atoms. The molecule has 0 spiro atoms. The van der Waals surface area contributed by atoms with Gasteiger partial charge in [0.2, 0.25) is 0 Å². The highest BCUT2D eigenvalue weighted by atomic mass is 16.5. The second kappa shape index (κ2) is 5.91. The van der Waals surface area contributed by atoms with Crippen LogP contribution in [0, 0.1) is 30.6 Å². The number of carbonyl (C=O) groups is 1. The van der Waals surface area contributed by atoms with Gasteiger partial charge in [-0.05, 0) is 61.6 Å². The van der Waals surface area contributed by atoms with Crippen LogP contribution < -0.4 is 10.2 Å². The third kappa shape index (κ3) is 2.72. The minimum atomic E-state index is -0.201. The lowest BCUT2D eigenvalue weighted by Crippen LogP contribution is -2.35. The van der Waals surface area contributed by atoms with Gasteiger partial charge in [0.05, 0.1) is 0 Å². The van der Waals surface area contributed by atoms with Crippen molar-refractivity contribution in [3.63, 3.8) is 0 Å². The van der Waals surface area contributed by atoms with Crippen molar-refractivity contribution in [2.75, 3.05) is 6.61 Å². The summed E-state index contributed by atoms with van der Waals surface area (Å²) in [6, 6.07) is 5.99. The van der Waals surface area contributed by atoms with Crippen molar-refractivity contribution in [2.24, 2.45) is 21.8 Å². The van der Waals surface area contributed by atoms with E-state index in [-0.39, 0.29) is 23.3 Å². The molecule has 0 saturated heterocycles. The van der Waals surface area contributed by atoms with Crippen LogP contribution in [0.1, 0.15) is 51.2 Å². The molecule has 0 radical (unpaired) electrons. The van der Waals surface area contributed by atoms with Crippen molar-refractivity contribution in [2.45, 2.75) is 53.9 Å². The van der Waals surface area contributed by atoms with E-state index in [1.54, 1.807) is 0 Å². The van der Waals surface area contributed by atoms with Gasteiger partial charge in [0.1, 0.15) is 5.75 Å². The van der Waals surface area contributed by atoms with Crippen molar-refractivity contribution in [3.05, 3.63) is 29.3 Å². The topological polar surface area (TPSA) is 50.7 Å². The molecule has 1 aromatic rings. The van der Waals surface area contributed by atoms with Gasteiger partial charge < -0.3 is 4.74 Å². The summed E-state index contributed by atoms with van der Waals surface area (Å²) < 4.78 is 5.64. The van der Waals surface area contributed by atoms with E-state index in [0.717, 1.165) is 29.0 Å². The molecule has 1 amide bonds. The first kappa shape index (κ1) is 17.0. The number of hydrogen-bond acceptors (Lipinski definition) is 3. The van der Waals surface area contributed by atoms with E-state index in [1.165, 1.54) is 12.8 Å². The maximum absolute atomic E-state index is 12.1. The number of ether oxygens (including phenoxy) is 1. The first-order chi connectivity index (χ1) is 11.2. The Bertz CT molecular complexity index is 693. The fourth-order valence-corrected chi connectivity index (χ4v) is 4.27. The molecule has 1 N–H and O–H groups in total. The Morgan fingerprint density at radius 3 is 2.71 bits per heavy atom. The Kier molecular flexibility index (Phi) is 4.18. The molecule has 0 heterocycles. The van der Waals surface area contributed by atoms with Gasteiger partial charge in [-0.3, -0.25) is 4.79 Å². The van der Waals surface area contributed by atoms with Gasteiger partial charge in [-0.15, -0.1) is 0 Å². The standard InChI is InChI=1S/C20H28N2O2/c1-13-6-7-14(2)16(10-13)24-12-18(23)22-21-17-11-15-8-9-20(17,5)19(15,3)4/h6-7,10,15H,8-9,11-12H2,1-5H3,(H,22,23)/b21-17+. The van der Waals surface area contributed by atoms with Crippen LogP contribution in [0.2, 0.25) is 0 Å². The van der Waals surface area contributed by atoms with E-state index in [4.69, 9.17) is 4.74 Å². The van der Waals surface area contributed by atoms with Crippen molar-refractivity contribution in [3.8, 4) is 5.75 Å². The number of nitrogens with one attached hydrogen (secondary N) is 1. The Labute approximate surface area is 144 Å². The summed E-state index contributed by atoms with van der Waals surface area (Å²) in [6.45, 7) is 10.9. The summed E-state index contributed by atoms with van der Waals surface area (Å²) in [5.41, 5.74) is 6.37. The third-order valence-electron chi connectivity index (χ3n) is 6.53. The van der Waals surface area contributed by atoms with E-state index >= 15 is 0 Å². The van der Waals surface area contributed by atoms with Gasteiger partial charge in [-0.25, -0.2) is 5.43 Å². The number of hydrogen-bond donors (Lipinski definition) is 1. The molecule has 2 saturated carbocycles. The number of carbonyl (C=O) groups excluding carboxylic acids is 1. The summed E-state index contributed by atoms with van der Waals surface area (Å²) >= 11 is 0. The summed E-state index contributed by atoms with van der Waals surface area (Å²) in [4.78, 5) is 12.1. The lowest BCUT2D eigenvalue weighted by atomic mass is 9.70. The van der Waals surface area contributed by atoms with Crippen LogP contribution in [0.5, 0.6) is 5.75 Å². The molecule has 2 aliphatic rings. The monoisotopic (exact) mass is 328 g/mol. The number of benzene rings is 1. The quantitative estimate of drug-likeness (QED) is 0.849. The van der Waals surface area contributed by atoms with Gasteiger partial charge in [-0.2, -0.15) is 5.10 Å². The molecule has 3 rings (SSSR count). The number of amides is 1.